The van der Waals surface area contributed by atoms with Crippen LogP contribution in [-0.2, 0) is 9.59 Å². The van der Waals surface area contributed by atoms with Gasteiger partial charge in [-0.3, -0.25) is 9.59 Å². The van der Waals surface area contributed by atoms with Crippen LogP contribution in [0.4, 0.5) is 5.69 Å². The minimum absolute atomic E-state index is 0.231. The molecule has 3 N–H and O–H groups in total. The number of carbonyl (C=O) groups excluding carboxylic acids is 2. The third kappa shape index (κ3) is 4.89. The van der Waals surface area contributed by atoms with Crippen molar-refractivity contribution in [2.45, 2.75) is 0 Å². The molecule has 27 heavy (non-hydrogen) atoms. The molecular weight excluding hydrogens is 366 g/mol. The zero-order valence-electron chi connectivity index (χ0n) is 14.5. The fourth-order valence-electron chi connectivity index (χ4n) is 2.30. The molecule has 2 aromatic rings. The van der Waals surface area contributed by atoms with Crippen molar-refractivity contribution in [3.05, 3.63) is 59.0 Å². The molecule has 2 amide bonds. The number of thioether (sulfide) groups is 1. The summed E-state index contributed by atoms with van der Waals surface area (Å²) in [7, 11) is 1.50. The Morgan fingerprint density at radius 3 is 2.70 bits per heavy atom. The highest BCUT2D eigenvalue weighted by Gasteiger charge is 2.24. The first kappa shape index (κ1) is 18.5. The van der Waals surface area contributed by atoms with Crippen LogP contribution in [0.15, 0.2) is 58.4 Å². The van der Waals surface area contributed by atoms with E-state index in [-0.39, 0.29) is 12.5 Å². The molecule has 7 nitrogen and oxygen atoms in total. The Balaban J connectivity index is 1.81. The highest BCUT2D eigenvalue weighted by atomic mass is 32.2. The Bertz CT molecular complexity index is 926. The summed E-state index contributed by atoms with van der Waals surface area (Å²) in [6.45, 7) is -0.264. The number of benzene rings is 2. The topological polar surface area (TPSA) is 103 Å². The van der Waals surface area contributed by atoms with Gasteiger partial charge in [-0.15, -0.1) is 0 Å². The summed E-state index contributed by atoms with van der Waals surface area (Å²) in [5, 5.41) is 3.25. The third-order valence-corrected chi connectivity index (χ3v) is 4.40. The van der Waals surface area contributed by atoms with E-state index in [0.717, 1.165) is 5.69 Å². The number of para-hydroxylation sites is 1. The summed E-state index contributed by atoms with van der Waals surface area (Å²) >= 11 is 1.25. The molecule has 0 aromatic heterocycles. The summed E-state index contributed by atoms with van der Waals surface area (Å²) in [6, 6.07) is 14.5. The quantitative estimate of drug-likeness (QED) is 0.746. The van der Waals surface area contributed by atoms with E-state index in [2.05, 4.69) is 10.3 Å². The molecule has 2 aromatic carbocycles. The first-order chi connectivity index (χ1) is 13.0. The van der Waals surface area contributed by atoms with E-state index in [9.17, 15) is 9.59 Å². The lowest BCUT2D eigenvalue weighted by atomic mass is 10.2. The van der Waals surface area contributed by atoms with Crippen molar-refractivity contribution in [2.24, 2.45) is 10.7 Å². The van der Waals surface area contributed by atoms with Crippen LogP contribution in [0.2, 0.25) is 0 Å². The number of hydrogen-bond acceptors (Lipinski definition) is 6. The van der Waals surface area contributed by atoms with Gasteiger partial charge in [-0.1, -0.05) is 24.3 Å². The SMILES string of the molecule is COc1ccc(C=C2SC(=Nc3ccccc3)NC2=O)cc1OCC(N)=O. The zero-order valence-corrected chi connectivity index (χ0v) is 15.3. The number of nitrogens with two attached hydrogens (primary N) is 1. The lowest BCUT2D eigenvalue weighted by Crippen LogP contribution is -2.20. The number of amidine groups is 1. The molecule has 1 heterocycles. The van der Waals surface area contributed by atoms with Crippen molar-refractivity contribution in [3.8, 4) is 11.5 Å². The predicted molar refractivity (Wildman–Crippen MR) is 105 cm³/mol. The number of nitrogens with one attached hydrogen (secondary N) is 1. The van der Waals surface area contributed by atoms with Crippen LogP contribution in [0.25, 0.3) is 6.08 Å². The molecule has 0 spiro atoms. The summed E-state index contributed by atoms with van der Waals surface area (Å²) < 4.78 is 10.6. The van der Waals surface area contributed by atoms with E-state index in [4.69, 9.17) is 15.2 Å². The molecule has 0 unspecified atom stereocenters. The summed E-state index contributed by atoms with van der Waals surface area (Å²) in [6.07, 6.45) is 1.71. The Morgan fingerprint density at radius 1 is 1.22 bits per heavy atom. The maximum Gasteiger partial charge on any atom is 0.264 e. The lowest BCUT2D eigenvalue weighted by Gasteiger charge is -2.10. The molecule has 0 radical (unpaired) electrons. The van der Waals surface area contributed by atoms with E-state index in [1.807, 2.05) is 30.3 Å². The molecule has 0 aliphatic carbocycles. The van der Waals surface area contributed by atoms with Gasteiger partial charge in [-0.2, -0.15) is 0 Å². The van der Waals surface area contributed by atoms with Gasteiger partial charge >= 0.3 is 0 Å². The minimum Gasteiger partial charge on any atom is -0.493 e. The number of amides is 2. The van der Waals surface area contributed by atoms with Gasteiger partial charge in [0.15, 0.2) is 23.3 Å². The molecule has 0 atom stereocenters. The molecule has 0 saturated carbocycles. The maximum atomic E-state index is 12.2. The number of methoxy groups -OCH3 is 1. The summed E-state index contributed by atoms with van der Waals surface area (Å²) in [5.74, 6) is 0.0129. The van der Waals surface area contributed by atoms with Crippen molar-refractivity contribution < 1.29 is 19.1 Å². The summed E-state index contributed by atoms with van der Waals surface area (Å²) in [5.41, 5.74) is 6.59. The predicted octanol–water partition coefficient (Wildman–Crippen LogP) is 2.45. The number of nitrogens with zero attached hydrogens (tertiary/aromatic N) is 1. The van der Waals surface area contributed by atoms with Crippen LogP contribution in [-0.4, -0.2) is 30.7 Å². The van der Waals surface area contributed by atoms with Gasteiger partial charge in [-0.05, 0) is 47.7 Å². The average Bonchev–Trinajstić information content (AvgIpc) is 2.99. The van der Waals surface area contributed by atoms with Crippen molar-refractivity contribution in [1.82, 2.24) is 5.32 Å². The Hall–Kier alpha value is -3.26. The largest absolute Gasteiger partial charge is 0.493 e. The average molecular weight is 383 g/mol. The van der Waals surface area contributed by atoms with E-state index in [0.29, 0.717) is 27.1 Å². The number of ether oxygens (including phenoxy) is 2. The first-order valence-electron chi connectivity index (χ1n) is 7.99. The number of carbonyl (C=O) groups is 2. The van der Waals surface area contributed by atoms with Gasteiger partial charge in [0.2, 0.25) is 0 Å². The third-order valence-electron chi connectivity index (χ3n) is 3.49. The second-order valence-electron chi connectivity index (χ2n) is 5.48. The van der Waals surface area contributed by atoms with E-state index < -0.39 is 5.91 Å². The fourth-order valence-corrected chi connectivity index (χ4v) is 3.14. The Labute approximate surface area is 160 Å². The molecule has 1 fully saturated rings. The first-order valence-corrected chi connectivity index (χ1v) is 8.80. The van der Waals surface area contributed by atoms with Gasteiger partial charge in [0.05, 0.1) is 17.7 Å². The standard InChI is InChI=1S/C19H17N3O4S/c1-25-14-8-7-12(9-15(14)26-11-17(20)23)10-16-18(24)22-19(27-16)21-13-5-3-2-4-6-13/h2-10H,11H2,1H3,(H2,20,23)(H,21,22,24). The molecule has 1 aliphatic rings. The Morgan fingerprint density at radius 2 is 2.00 bits per heavy atom. The van der Waals surface area contributed by atoms with Gasteiger partial charge < -0.3 is 20.5 Å². The number of rotatable bonds is 6. The van der Waals surface area contributed by atoms with Gasteiger partial charge in [0.1, 0.15) is 0 Å². The maximum absolute atomic E-state index is 12.2. The lowest BCUT2D eigenvalue weighted by molar-refractivity contribution is -0.120. The van der Waals surface area contributed by atoms with Crippen LogP contribution < -0.4 is 20.5 Å². The molecule has 3 rings (SSSR count). The van der Waals surface area contributed by atoms with Crippen LogP contribution in [0.5, 0.6) is 11.5 Å². The van der Waals surface area contributed by atoms with Crippen LogP contribution in [0, 0.1) is 0 Å². The molecule has 1 aliphatic heterocycles. The van der Waals surface area contributed by atoms with Gasteiger partial charge in [0.25, 0.3) is 11.8 Å². The van der Waals surface area contributed by atoms with Gasteiger partial charge in [0, 0.05) is 0 Å². The molecule has 0 bridgehead atoms. The number of hydrogen-bond donors (Lipinski definition) is 2. The Kier molecular flexibility index (Phi) is 5.77. The molecule has 1 saturated heterocycles. The highest BCUT2D eigenvalue weighted by molar-refractivity contribution is 8.18. The number of aliphatic imine (C=N–C) groups is 1. The van der Waals surface area contributed by atoms with E-state index >= 15 is 0 Å². The smallest absolute Gasteiger partial charge is 0.264 e. The van der Waals surface area contributed by atoms with Crippen LogP contribution in [0.3, 0.4) is 0 Å². The van der Waals surface area contributed by atoms with Crippen LogP contribution in [0.1, 0.15) is 5.56 Å². The monoisotopic (exact) mass is 383 g/mol. The molecule has 138 valence electrons. The van der Waals surface area contributed by atoms with E-state index in [1.54, 1.807) is 24.3 Å². The second kappa shape index (κ2) is 8.41. The number of primary amides is 1. The van der Waals surface area contributed by atoms with Gasteiger partial charge in [-0.25, -0.2) is 4.99 Å². The second-order valence-corrected chi connectivity index (χ2v) is 6.51. The van der Waals surface area contributed by atoms with Crippen molar-refractivity contribution >= 4 is 40.5 Å². The summed E-state index contributed by atoms with van der Waals surface area (Å²) in [4.78, 5) is 28.0. The van der Waals surface area contributed by atoms with Crippen molar-refractivity contribution in [1.29, 1.82) is 0 Å². The van der Waals surface area contributed by atoms with Crippen molar-refractivity contribution in [2.75, 3.05) is 13.7 Å². The zero-order chi connectivity index (χ0) is 19.2. The molecule has 8 heteroatoms. The van der Waals surface area contributed by atoms with Crippen LogP contribution >= 0.6 is 11.8 Å². The fraction of sp³-hybridized carbons (Fsp3) is 0.105. The molecular formula is C19H17N3O4S. The van der Waals surface area contributed by atoms with Crippen molar-refractivity contribution in [3.63, 3.8) is 0 Å². The highest BCUT2D eigenvalue weighted by Crippen LogP contribution is 2.32. The minimum atomic E-state index is -0.590. The van der Waals surface area contributed by atoms with E-state index in [1.165, 1.54) is 18.9 Å². The normalized spacial score (nSPS) is 16.4.